The molecule has 1 aromatic carbocycles. The number of ether oxygens (including phenoxy) is 1. The van der Waals surface area contributed by atoms with Gasteiger partial charge >= 0.3 is 0 Å². The van der Waals surface area contributed by atoms with E-state index in [-0.39, 0.29) is 17.7 Å². The van der Waals surface area contributed by atoms with Crippen LogP contribution in [0.4, 0.5) is 0 Å². The summed E-state index contributed by atoms with van der Waals surface area (Å²) in [6.45, 7) is 3.66. The molecule has 1 saturated heterocycles. The summed E-state index contributed by atoms with van der Waals surface area (Å²) in [4.78, 5) is 31.6. The lowest BCUT2D eigenvalue weighted by Gasteiger charge is -2.41. The first-order valence-electron chi connectivity index (χ1n) is 10.3. The molecule has 1 atom stereocenters. The van der Waals surface area contributed by atoms with Gasteiger partial charge in [0, 0.05) is 37.8 Å². The van der Waals surface area contributed by atoms with E-state index >= 15 is 0 Å². The van der Waals surface area contributed by atoms with Crippen molar-refractivity contribution in [1.82, 2.24) is 15.2 Å². The fourth-order valence-corrected chi connectivity index (χ4v) is 3.89. The molecule has 4 rings (SSSR count). The number of amides is 2. The predicted molar refractivity (Wildman–Crippen MR) is 110 cm³/mol. The van der Waals surface area contributed by atoms with Crippen LogP contribution < -0.4 is 5.32 Å². The lowest BCUT2D eigenvalue weighted by atomic mass is 9.90. The Morgan fingerprint density at radius 1 is 1.21 bits per heavy atom. The molecule has 1 aliphatic carbocycles. The van der Waals surface area contributed by atoms with Crippen LogP contribution in [0.3, 0.4) is 0 Å². The fourth-order valence-electron chi connectivity index (χ4n) is 3.89. The summed E-state index contributed by atoms with van der Waals surface area (Å²) in [5, 5.41) is 2.91. The number of pyridine rings is 1. The average molecular weight is 393 g/mol. The molecule has 29 heavy (non-hydrogen) atoms. The van der Waals surface area contributed by atoms with Gasteiger partial charge in [0.2, 0.25) is 5.91 Å². The van der Waals surface area contributed by atoms with E-state index < -0.39 is 5.60 Å². The highest BCUT2D eigenvalue weighted by atomic mass is 16.5. The molecule has 2 aliphatic rings. The van der Waals surface area contributed by atoms with Crippen molar-refractivity contribution in [2.24, 2.45) is 5.92 Å². The van der Waals surface area contributed by atoms with Gasteiger partial charge in [-0.25, -0.2) is 0 Å². The molecule has 1 N–H and O–H groups in total. The molecule has 0 bridgehead atoms. The summed E-state index contributed by atoms with van der Waals surface area (Å²) in [5.74, 6) is 0.150. The first-order valence-corrected chi connectivity index (χ1v) is 10.3. The minimum absolute atomic E-state index is 0.138. The summed E-state index contributed by atoms with van der Waals surface area (Å²) < 4.78 is 6.06. The Labute approximate surface area is 171 Å². The molecule has 2 aromatic rings. The lowest BCUT2D eigenvalue weighted by molar-refractivity contribution is -0.166. The van der Waals surface area contributed by atoms with Crippen LogP contribution in [0.15, 0.2) is 48.8 Å². The van der Waals surface area contributed by atoms with E-state index in [1.165, 1.54) is 0 Å². The van der Waals surface area contributed by atoms with Crippen LogP contribution >= 0.6 is 0 Å². The van der Waals surface area contributed by atoms with Gasteiger partial charge in [0.1, 0.15) is 0 Å². The number of hydrogen-bond acceptors (Lipinski definition) is 4. The molecule has 6 nitrogen and oxygen atoms in total. The maximum absolute atomic E-state index is 13.0. The Balaban J connectivity index is 1.55. The van der Waals surface area contributed by atoms with Gasteiger partial charge in [-0.05, 0) is 42.5 Å². The molecule has 0 radical (unpaired) electrons. The molecule has 1 aromatic heterocycles. The zero-order chi connectivity index (χ0) is 20.3. The van der Waals surface area contributed by atoms with E-state index in [1.54, 1.807) is 6.20 Å². The van der Waals surface area contributed by atoms with Crippen LogP contribution in [0.2, 0.25) is 0 Å². The number of hydrogen-bond donors (Lipinski definition) is 1. The molecule has 2 fully saturated rings. The Morgan fingerprint density at radius 2 is 2.00 bits per heavy atom. The third kappa shape index (κ3) is 4.32. The molecular formula is C23H27N3O3. The number of carbonyl (C=O) groups excluding carboxylic acids is 2. The maximum Gasteiger partial charge on any atom is 0.254 e. The van der Waals surface area contributed by atoms with E-state index in [4.69, 9.17) is 4.74 Å². The second kappa shape index (κ2) is 8.33. The highest BCUT2D eigenvalue weighted by molar-refractivity contribution is 5.88. The third-order valence-corrected chi connectivity index (χ3v) is 5.61. The summed E-state index contributed by atoms with van der Waals surface area (Å²) in [6.07, 6.45) is 5.93. The van der Waals surface area contributed by atoms with Gasteiger partial charge in [-0.3, -0.25) is 14.6 Å². The molecule has 1 saturated carbocycles. The number of carbonyl (C=O) groups is 2. The Kier molecular flexibility index (Phi) is 5.62. The van der Waals surface area contributed by atoms with Gasteiger partial charge in [0.05, 0.1) is 13.2 Å². The molecule has 0 spiro atoms. The molecule has 152 valence electrons. The van der Waals surface area contributed by atoms with Crippen LogP contribution in [-0.2, 0) is 20.7 Å². The second-order valence-corrected chi connectivity index (χ2v) is 7.85. The topological polar surface area (TPSA) is 71.5 Å². The largest absolute Gasteiger partial charge is 0.361 e. The Hall–Kier alpha value is -2.73. The molecular weight excluding hydrogens is 366 g/mol. The molecule has 1 aliphatic heterocycles. The van der Waals surface area contributed by atoms with Crippen molar-refractivity contribution in [2.45, 2.75) is 31.8 Å². The van der Waals surface area contributed by atoms with Crippen LogP contribution in [0.5, 0.6) is 0 Å². The van der Waals surface area contributed by atoms with Crippen LogP contribution in [0.25, 0.3) is 11.1 Å². The molecule has 2 heterocycles. The van der Waals surface area contributed by atoms with Gasteiger partial charge in [-0.15, -0.1) is 0 Å². The highest BCUT2D eigenvalue weighted by Crippen LogP contribution is 2.33. The van der Waals surface area contributed by atoms with Crippen LogP contribution in [-0.4, -0.2) is 53.5 Å². The minimum Gasteiger partial charge on any atom is -0.361 e. The maximum atomic E-state index is 13.0. The minimum atomic E-state index is -1.05. The van der Waals surface area contributed by atoms with Crippen molar-refractivity contribution in [3.05, 3.63) is 54.4 Å². The Bertz CT molecular complexity index is 865. The van der Waals surface area contributed by atoms with Crippen molar-refractivity contribution in [3.8, 4) is 11.1 Å². The smallest absolute Gasteiger partial charge is 0.254 e. The zero-order valence-corrected chi connectivity index (χ0v) is 16.8. The zero-order valence-electron chi connectivity index (χ0n) is 16.8. The van der Waals surface area contributed by atoms with Crippen LogP contribution in [0, 0.1) is 5.92 Å². The van der Waals surface area contributed by atoms with Gasteiger partial charge in [0.25, 0.3) is 5.91 Å². The van der Waals surface area contributed by atoms with Crippen molar-refractivity contribution < 1.29 is 14.3 Å². The second-order valence-electron chi connectivity index (χ2n) is 7.85. The van der Waals surface area contributed by atoms with Crippen molar-refractivity contribution in [2.75, 3.05) is 26.2 Å². The Morgan fingerprint density at radius 3 is 2.66 bits per heavy atom. The third-order valence-electron chi connectivity index (χ3n) is 5.61. The SMILES string of the molecule is CCNC(=O)[C@]1(Cc2ccc(-c3cccnc3)cc2)CN(C(=O)C2CC2)CCO1. The molecule has 2 amide bonds. The average Bonchev–Trinajstić information content (AvgIpc) is 3.60. The van der Waals surface area contributed by atoms with Gasteiger partial charge < -0.3 is 15.0 Å². The monoisotopic (exact) mass is 393 g/mol. The standard InChI is InChI=1S/C23H27N3O3/c1-2-25-22(28)23(16-26(12-13-29-23)21(27)19-9-10-19)14-17-5-7-18(8-6-17)20-4-3-11-24-15-20/h3-8,11,15,19H,2,9-10,12-14,16H2,1H3,(H,25,28)/t23-/m0/s1. The van der Waals surface area contributed by atoms with Crippen molar-refractivity contribution in [3.63, 3.8) is 0 Å². The number of benzene rings is 1. The number of likely N-dealkylation sites (N-methyl/N-ethyl adjacent to an activating group) is 1. The normalized spacial score (nSPS) is 21.6. The molecule has 6 heteroatoms. The number of rotatable bonds is 6. The summed E-state index contributed by atoms with van der Waals surface area (Å²) in [7, 11) is 0. The highest BCUT2D eigenvalue weighted by Gasteiger charge is 2.46. The summed E-state index contributed by atoms with van der Waals surface area (Å²) in [5.41, 5.74) is 2.08. The number of nitrogens with zero attached hydrogens (tertiary/aromatic N) is 2. The van der Waals surface area contributed by atoms with E-state index in [0.717, 1.165) is 29.5 Å². The first-order chi connectivity index (χ1) is 14.1. The predicted octanol–water partition coefficient (Wildman–Crippen LogP) is 2.43. The van der Waals surface area contributed by atoms with E-state index in [0.29, 0.717) is 32.7 Å². The van der Waals surface area contributed by atoms with E-state index in [1.807, 2.05) is 54.4 Å². The fraction of sp³-hybridized carbons (Fsp3) is 0.435. The van der Waals surface area contributed by atoms with Crippen LogP contribution in [0.1, 0.15) is 25.3 Å². The van der Waals surface area contributed by atoms with E-state index in [9.17, 15) is 9.59 Å². The lowest BCUT2D eigenvalue weighted by Crippen LogP contribution is -2.62. The van der Waals surface area contributed by atoms with Crippen molar-refractivity contribution >= 4 is 11.8 Å². The quantitative estimate of drug-likeness (QED) is 0.818. The van der Waals surface area contributed by atoms with Gasteiger partial charge in [-0.1, -0.05) is 30.3 Å². The number of morpholine rings is 1. The first kappa shape index (κ1) is 19.6. The number of aromatic nitrogens is 1. The van der Waals surface area contributed by atoms with E-state index in [2.05, 4.69) is 10.3 Å². The molecule has 0 unspecified atom stereocenters. The summed E-state index contributed by atoms with van der Waals surface area (Å²) >= 11 is 0. The summed E-state index contributed by atoms with van der Waals surface area (Å²) in [6, 6.07) is 12.0. The van der Waals surface area contributed by atoms with Gasteiger partial charge in [-0.2, -0.15) is 0 Å². The number of nitrogens with one attached hydrogen (secondary N) is 1. The van der Waals surface area contributed by atoms with Gasteiger partial charge in [0.15, 0.2) is 5.60 Å². The van der Waals surface area contributed by atoms with Crippen molar-refractivity contribution in [1.29, 1.82) is 0 Å².